The van der Waals surface area contributed by atoms with Crippen molar-refractivity contribution < 1.29 is 9.21 Å². The lowest BCUT2D eigenvalue weighted by molar-refractivity contribution is 0.0946. The van der Waals surface area contributed by atoms with Gasteiger partial charge < -0.3 is 15.5 Å². The number of hydrogen-bond donors (Lipinski definition) is 2. The minimum Gasteiger partial charge on any atom is -0.448 e. The van der Waals surface area contributed by atoms with Gasteiger partial charge in [0.1, 0.15) is 12.1 Å². The van der Waals surface area contributed by atoms with Gasteiger partial charge in [0.05, 0.1) is 5.03 Å². The zero-order chi connectivity index (χ0) is 21.5. The molecule has 0 saturated heterocycles. The minimum atomic E-state index is -0.326. The van der Waals surface area contributed by atoms with Gasteiger partial charge in [-0.2, -0.15) is 0 Å². The molecule has 2 aromatic rings. The summed E-state index contributed by atoms with van der Waals surface area (Å²) in [6.45, 7) is 5.98. The number of oxazole rings is 1. The number of nitrogen functional groups attached to an aromatic ring is 1. The number of nitrogens with zero attached hydrogens (tertiary/aromatic N) is 3. The van der Waals surface area contributed by atoms with Gasteiger partial charge in [-0.1, -0.05) is 42.5 Å². The average Bonchev–Trinajstić information content (AvgIpc) is 3.20. The molecule has 8 heteroatoms. The molecule has 0 bridgehead atoms. The number of amides is 1. The zero-order valence-corrected chi connectivity index (χ0v) is 17.3. The average molecular weight is 424 g/mol. The summed E-state index contributed by atoms with van der Waals surface area (Å²) in [5, 5.41) is 3.44. The van der Waals surface area contributed by atoms with Gasteiger partial charge >= 0.3 is 0 Å². The largest absolute Gasteiger partial charge is 0.448 e. The fourth-order valence-electron chi connectivity index (χ4n) is 2.70. The highest BCUT2D eigenvalue weighted by Gasteiger charge is 2.13. The summed E-state index contributed by atoms with van der Waals surface area (Å²) in [7, 11) is 0. The first-order valence-corrected chi connectivity index (χ1v) is 9.69. The van der Waals surface area contributed by atoms with Gasteiger partial charge in [0, 0.05) is 37.0 Å². The number of carbonyl (C=O) groups is 1. The predicted molar refractivity (Wildman–Crippen MR) is 118 cm³/mol. The Bertz CT molecular complexity index is 1080. The molecule has 1 aliphatic rings. The summed E-state index contributed by atoms with van der Waals surface area (Å²) >= 11 is 5.87. The van der Waals surface area contributed by atoms with Crippen LogP contribution in [0.15, 0.2) is 75.0 Å². The third-order valence-electron chi connectivity index (χ3n) is 4.41. The van der Waals surface area contributed by atoms with Crippen LogP contribution in [-0.2, 0) is 13.0 Å². The molecule has 7 nitrogen and oxygen atoms in total. The van der Waals surface area contributed by atoms with Crippen molar-refractivity contribution in [3.63, 3.8) is 0 Å². The van der Waals surface area contributed by atoms with Gasteiger partial charge in [-0.05, 0) is 30.2 Å². The van der Waals surface area contributed by atoms with Crippen LogP contribution < -0.4 is 11.1 Å². The van der Waals surface area contributed by atoms with Gasteiger partial charge in [0.15, 0.2) is 11.6 Å². The van der Waals surface area contributed by atoms with Crippen molar-refractivity contribution in [3.05, 3.63) is 88.4 Å². The Hall–Kier alpha value is -3.45. The minimum absolute atomic E-state index is 0.212. The molecule has 1 amide bonds. The molecule has 3 heterocycles. The topological polar surface area (TPSA) is 106 Å². The van der Waals surface area contributed by atoms with Crippen LogP contribution in [-0.4, -0.2) is 22.1 Å². The molecule has 3 rings (SSSR count). The van der Waals surface area contributed by atoms with E-state index in [1.165, 1.54) is 6.26 Å². The number of allylic oxidation sites excluding steroid dienone is 6. The first-order chi connectivity index (χ1) is 14.4. The van der Waals surface area contributed by atoms with Crippen molar-refractivity contribution in [2.75, 3.05) is 5.73 Å². The van der Waals surface area contributed by atoms with Crippen LogP contribution in [0, 0.1) is 6.92 Å². The van der Waals surface area contributed by atoms with Crippen molar-refractivity contribution in [2.45, 2.75) is 26.3 Å². The van der Waals surface area contributed by atoms with Crippen LogP contribution in [0.25, 0.3) is 0 Å². The van der Waals surface area contributed by atoms with E-state index in [2.05, 4.69) is 26.9 Å². The van der Waals surface area contributed by atoms with Crippen molar-refractivity contribution in [2.24, 2.45) is 4.99 Å². The van der Waals surface area contributed by atoms with Crippen LogP contribution in [0.5, 0.6) is 0 Å². The number of nitrogens with one attached hydrogen (secondary N) is 1. The normalized spacial score (nSPS) is 15.2. The molecule has 0 saturated carbocycles. The number of dihydropyridines is 1. The first kappa shape index (κ1) is 21.3. The van der Waals surface area contributed by atoms with E-state index in [-0.39, 0.29) is 11.6 Å². The molecule has 30 heavy (non-hydrogen) atoms. The fraction of sp³-hybridized carbons (Fsp3) is 0.182. The summed E-state index contributed by atoms with van der Waals surface area (Å²) in [5.41, 5.74) is 9.28. The van der Waals surface area contributed by atoms with Crippen LogP contribution in [0.2, 0.25) is 0 Å². The molecule has 3 N–H and O–H groups in total. The number of carbonyl (C=O) groups excluding carboxylic acids is 1. The second-order valence-electron chi connectivity index (χ2n) is 6.62. The van der Waals surface area contributed by atoms with E-state index in [1.807, 2.05) is 31.2 Å². The Morgan fingerprint density at radius 2 is 2.23 bits per heavy atom. The molecular formula is C22H22ClN5O2. The lowest BCUT2D eigenvalue weighted by atomic mass is 10.1. The highest BCUT2D eigenvalue weighted by Crippen LogP contribution is 2.16. The maximum Gasteiger partial charge on any atom is 0.273 e. The van der Waals surface area contributed by atoms with E-state index in [0.717, 1.165) is 22.5 Å². The molecule has 0 aromatic carbocycles. The van der Waals surface area contributed by atoms with E-state index < -0.39 is 0 Å². The third kappa shape index (κ3) is 5.78. The van der Waals surface area contributed by atoms with Crippen LogP contribution in [0.1, 0.15) is 34.1 Å². The number of aliphatic imine (C=N–C) groups is 1. The van der Waals surface area contributed by atoms with Crippen LogP contribution >= 0.6 is 11.6 Å². The highest BCUT2D eigenvalue weighted by atomic mass is 35.5. The fourth-order valence-corrected chi connectivity index (χ4v) is 2.82. The van der Waals surface area contributed by atoms with Gasteiger partial charge in [0.2, 0.25) is 0 Å². The molecule has 0 aliphatic carbocycles. The standard InChI is InChI=1S/C22H22ClN5O2/c1-3-15(4-7-18-8-6-17(23)12-25-18)10-21-28-19(13-30-21)22(29)26-11-16-5-9-20(24)27-14(16)2/h3-7,9,12-13H,1,8,10-11H2,2H3,(H2,24,27)(H,26,29)/b15-4+,18-7+. The Balaban J connectivity index is 1.60. The molecule has 0 unspecified atom stereocenters. The van der Waals surface area contributed by atoms with Crippen molar-refractivity contribution in [3.8, 4) is 0 Å². The molecule has 2 aromatic heterocycles. The Morgan fingerprint density at radius 3 is 2.93 bits per heavy atom. The monoisotopic (exact) mass is 423 g/mol. The highest BCUT2D eigenvalue weighted by molar-refractivity contribution is 6.39. The quantitative estimate of drug-likeness (QED) is 0.654. The molecule has 0 radical (unpaired) electrons. The van der Waals surface area contributed by atoms with Crippen LogP contribution in [0.3, 0.4) is 0 Å². The Kier molecular flexibility index (Phi) is 6.98. The molecular weight excluding hydrogens is 402 g/mol. The lowest BCUT2D eigenvalue weighted by Gasteiger charge is -2.06. The van der Waals surface area contributed by atoms with Crippen molar-refractivity contribution in [1.82, 2.24) is 15.3 Å². The summed E-state index contributed by atoms with van der Waals surface area (Å²) in [6.07, 6.45) is 11.4. The maximum absolute atomic E-state index is 12.4. The lowest BCUT2D eigenvalue weighted by Crippen LogP contribution is -2.23. The molecule has 0 fully saturated rings. The van der Waals surface area contributed by atoms with Crippen LogP contribution in [0.4, 0.5) is 5.82 Å². The molecule has 0 atom stereocenters. The van der Waals surface area contributed by atoms with Gasteiger partial charge in [-0.3, -0.25) is 9.79 Å². The number of hydrogen-bond acceptors (Lipinski definition) is 6. The summed E-state index contributed by atoms with van der Waals surface area (Å²) in [5.74, 6) is 0.541. The van der Waals surface area contributed by atoms with Gasteiger partial charge in [0.25, 0.3) is 5.91 Å². The molecule has 1 aliphatic heterocycles. The van der Waals surface area contributed by atoms with Crippen molar-refractivity contribution >= 4 is 29.5 Å². The third-order valence-corrected chi connectivity index (χ3v) is 4.66. The SMILES string of the molecule is C=C/C(=C\C=C1/CC=C(Cl)C=N1)Cc1nc(C(=O)NCc2ccc(N)nc2C)co1. The smallest absolute Gasteiger partial charge is 0.273 e. The number of anilines is 1. The van der Waals surface area contributed by atoms with E-state index in [4.69, 9.17) is 21.8 Å². The number of halogens is 1. The van der Waals surface area contributed by atoms with Crippen molar-refractivity contribution in [1.29, 1.82) is 0 Å². The van der Waals surface area contributed by atoms with E-state index in [0.29, 0.717) is 36.1 Å². The number of pyridine rings is 1. The van der Waals surface area contributed by atoms with Gasteiger partial charge in [-0.15, -0.1) is 0 Å². The number of aryl methyl sites for hydroxylation is 1. The Labute approximate surface area is 179 Å². The predicted octanol–water partition coefficient (Wildman–Crippen LogP) is 4.03. The molecule has 154 valence electrons. The second-order valence-corrected chi connectivity index (χ2v) is 7.06. The second kappa shape index (κ2) is 9.84. The van der Waals surface area contributed by atoms with Gasteiger partial charge in [-0.25, -0.2) is 9.97 Å². The van der Waals surface area contributed by atoms with E-state index in [9.17, 15) is 4.79 Å². The summed E-state index contributed by atoms with van der Waals surface area (Å²) in [4.78, 5) is 25.1. The molecule has 0 spiro atoms. The number of rotatable bonds is 7. The first-order valence-electron chi connectivity index (χ1n) is 9.31. The maximum atomic E-state index is 12.4. The zero-order valence-electron chi connectivity index (χ0n) is 16.6. The summed E-state index contributed by atoms with van der Waals surface area (Å²) in [6, 6.07) is 3.53. The summed E-state index contributed by atoms with van der Waals surface area (Å²) < 4.78 is 5.45. The number of nitrogens with two attached hydrogens (primary N) is 1. The Morgan fingerprint density at radius 1 is 1.40 bits per heavy atom. The number of aromatic nitrogens is 2. The van der Waals surface area contributed by atoms with E-state index in [1.54, 1.807) is 18.4 Å². The van der Waals surface area contributed by atoms with E-state index >= 15 is 0 Å².